The zero-order valence-electron chi connectivity index (χ0n) is 22.8. The summed E-state index contributed by atoms with van der Waals surface area (Å²) in [5, 5.41) is 12.5. The van der Waals surface area contributed by atoms with Crippen molar-refractivity contribution in [2.75, 3.05) is 0 Å². The SMILES string of the molecule is c1ccc(-c2c3ccccc3c(-c3ccc(-c4ccc5ccc6cccc7ccc4c5c67)cn3)c3ccccc23)nc1. The van der Waals surface area contributed by atoms with E-state index >= 15 is 0 Å². The fraction of sp³-hybridized carbons (Fsp3) is 0. The predicted octanol–water partition coefficient (Wildman–Crippen LogP) is 10.7. The van der Waals surface area contributed by atoms with Crippen molar-refractivity contribution in [2.24, 2.45) is 0 Å². The summed E-state index contributed by atoms with van der Waals surface area (Å²) < 4.78 is 0. The molecule has 0 N–H and O–H groups in total. The van der Waals surface area contributed by atoms with Crippen LogP contribution in [-0.2, 0) is 0 Å². The van der Waals surface area contributed by atoms with E-state index in [1.54, 1.807) is 0 Å². The van der Waals surface area contributed by atoms with Gasteiger partial charge in [-0.1, -0.05) is 115 Å². The fourth-order valence-corrected chi connectivity index (χ4v) is 6.88. The van der Waals surface area contributed by atoms with Gasteiger partial charge in [-0.25, -0.2) is 0 Å². The molecule has 7 aromatic carbocycles. The average Bonchev–Trinajstić information content (AvgIpc) is 3.06. The Labute approximate surface area is 242 Å². The van der Waals surface area contributed by atoms with Gasteiger partial charge >= 0.3 is 0 Å². The van der Waals surface area contributed by atoms with Gasteiger partial charge in [0.15, 0.2) is 0 Å². The molecule has 42 heavy (non-hydrogen) atoms. The Morgan fingerprint density at radius 1 is 0.357 bits per heavy atom. The molecule has 0 unspecified atom stereocenters. The van der Waals surface area contributed by atoms with Crippen LogP contribution in [0.25, 0.3) is 87.5 Å². The highest BCUT2D eigenvalue weighted by atomic mass is 14.7. The first-order valence-electron chi connectivity index (χ1n) is 14.3. The quantitative estimate of drug-likeness (QED) is 0.167. The van der Waals surface area contributed by atoms with E-state index in [-0.39, 0.29) is 0 Å². The molecule has 2 heterocycles. The maximum atomic E-state index is 5.12. The number of hydrogen-bond donors (Lipinski definition) is 0. The normalized spacial score (nSPS) is 11.8. The minimum atomic E-state index is 0.969. The first-order chi connectivity index (χ1) is 20.8. The topological polar surface area (TPSA) is 25.8 Å². The van der Waals surface area contributed by atoms with Crippen LogP contribution in [0.2, 0.25) is 0 Å². The van der Waals surface area contributed by atoms with Gasteiger partial charge in [0, 0.05) is 29.1 Å². The zero-order chi connectivity index (χ0) is 27.6. The minimum absolute atomic E-state index is 0.969. The molecule has 2 nitrogen and oxygen atoms in total. The summed E-state index contributed by atoms with van der Waals surface area (Å²) in [4.78, 5) is 9.86. The standard InChI is InChI=1S/C40H24N2/c1-3-12-32-30(10-1)39(35-14-5-6-23-41-35)31-11-2-4-13-33(31)40(32)36-22-19-28(24-42-36)29-20-17-27-16-15-25-8-7-9-26-18-21-34(29)38(27)37(25)26/h1-24H. The number of aromatic nitrogens is 2. The molecule has 0 atom stereocenters. The van der Waals surface area contributed by atoms with Crippen LogP contribution in [-0.4, -0.2) is 9.97 Å². The molecular weight excluding hydrogens is 508 g/mol. The summed E-state index contributed by atoms with van der Waals surface area (Å²) in [5.41, 5.74) is 6.60. The average molecular weight is 533 g/mol. The lowest BCUT2D eigenvalue weighted by atomic mass is 9.88. The number of rotatable bonds is 3. The Morgan fingerprint density at radius 2 is 0.929 bits per heavy atom. The third-order valence-electron chi connectivity index (χ3n) is 8.71. The van der Waals surface area contributed by atoms with Gasteiger partial charge in [0.2, 0.25) is 0 Å². The van der Waals surface area contributed by atoms with E-state index in [2.05, 4.69) is 127 Å². The molecule has 0 saturated carbocycles. The van der Waals surface area contributed by atoms with Gasteiger partial charge in [0.1, 0.15) is 0 Å². The van der Waals surface area contributed by atoms with Crippen molar-refractivity contribution in [2.45, 2.75) is 0 Å². The lowest BCUT2D eigenvalue weighted by Crippen LogP contribution is -1.93. The molecule has 0 aliphatic rings. The molecular formula is C40H24N2. The second-order valence-corrected chi connectivity index (χ2v) is 11.0. The van der Waals surface area contributed by atoms with E-state index in [1.807, 2.05) is 18.5 Å². The Balaban J connectivity index is 1.26. The van der Waals surface area contributed by atoms with E-state index in [9.17, 15) is 0 Å². The number of hydrogen-bond acceptors (Lipinski definition) is 2. The Kier molecular flexibility index (Phi) is 4.93. The summed E-state index contributed by atoms with van der Waals surface area (Å²) in [6.07, 6.45) is 3.91. The van der Waals surface area contributed by atoms with Crippen molar-refractivity contribution in [1.29, 1.82) is 0 Å². The van der Waals surface area contributed by atoms with Crippen LogP contribution in [0.1, 0.15) is 0 Å². The van der Waals surface area contributed by atoms with Crippen LogP contribution in [0, 0.1) is 0 Å². The van der Waals surface area contributed by atoms with Crippen LogP contribution < -0.4 is 0 Å². The minimum Gasteiger partial charge on any atom is -0.256 e. The second kappa shape index (κ2) is 8.95. The van der Waals surface area contributed by atoms with Gasteiger partial charge in [-0.05, 0) is 77.6 Å². The molecule has 0 bridgehead atoms. The van der Waals surface area contributed by atoms with E-state index in [4.69, 9.17) is 9.97 Å². The van der Waals surface area contributed by atoms with Gasteiger partial charge in [-0.15, -0.1) is 0 Å². The predicted molar refractivity (Wildman–Crippen MR) is 177 cm³/mol. The smallest absolute Gasteiger partial charge is 0.0714 e. The van der Waals surface area contributed by atoms with Crippen molar-refractivity contribution in [1.82, 2.24) is 9.97 Å². The van der Waals surface area contributed by atoms with Crippen molar-refractivity contribution in [3.63, 3.8) is 0 Å². The lowest BCUT2D eigenvalue weighted by molar-refractivity contribution is 1.33. The Hall–Kier alpha value is -5.60. The lowest BCUT2D eigenvalue weighted by Gasteiger charge is -2.17. The molecule has 2 heteroatoms. The van der Waals surface area contributed by atoms with Gasteiger partial charge in [-0.2, -0.15) is 0 Å². The molecule has 194 valence electrons. The van der Waals surface area contributed by atoms with Crippen molar-refractivity contribution in [3.8, 4) is 33.6 Å². The third kappa shape index (κ3) is 3.33. The summed E-state index contributed by atoms with van der Waals surface area (Å²) >= 11 is 0. The highest BCUT2D eigenvalue weighted by molar-refractivity contribution is 6.25. The fourth-order valence-electron chi connectivity index (χ4n) is 6.88. The molecule has 0 aliphatic carbocycles. The number of pyridine rings is 2. The highest BCUT2D eigenvalue weighted by Crippen LogP contribution is 2.43. The first-order valence-corrected chi connectivity index (χ1v) is 14.3. The van der Waals surface area contributed by atoms with Crippen molar-refractivity contribution in [3.05, 3.63) is 146 Å². The second-order valence-electron chi connectivity index (χ2n) is 11.0. The maximum Gasteiger partial charge on any atom is 0.0714 e. The van der Waals surface area contributed by atoms with Gasteiger partial charge in [0.25, 0.3) is 0 Å². The van der Waals surface area contributed by atoms with Crippen LogP contribution in [0.5, 0.6) is 0 Å². The van der Waals surface area contributed by atoms with Crippen LogP contribution in [0.15, 0.2) is 146 Å². The summed E-state index contributed by atoms with van der Waals surface area (Å²) in [6.45, 7) is 0. The molecule has 9 rings (SSSR count). The zero-order valence-corrected chi connectivity index (χ0v) is 22.8. The largest absolute Gasteiger partial charge is 0.256 e. The van der Waals surface area contributed by atoms with Gasteiger partial charge < -0.3 is 0 Å². The van der Waals surface area contributed by atoms with E-state index < -0.39 is 0 Å². The molecule has 0 amide bonds. The number of nitrogens with zero attached hydrogens (tertiary/aromatic N) is 2. The summed E-state index contributed by atoms with van der Waals surface area (Å²) in [6, 6.07) is 47.8. The summed E-state index contributed by atoms with van der Waals surface area (Å²) in [7, 11) is 0. The summed E-state index contributed by atoms with van der Waals surface area (Å²) in [5.74, 6) is 0. The molecule has 0 aliphatic heterocycles. The Morgan fingerprint density at radius 3 is 1.52 bits per heavy atom. The third-order valence-corrected chi connectivity index (χ3v) is 8.71. The van der Waals surface area contributed by atoms with Gasteiger partial charge in [-0.3, -0.25) is 9.97 Å². The molecule has 0 radical (unpaired) electrons. The first kappa shape index (κ1) is 23.1. The van der Waals surface area contributed by atoms with Crippen LogP contribution in [0.3, 0.4) is 0 Å². The monoisotopic (exact) mass is 532 g/mol. The van der Waals surface area contributed by atoms with E-state index in [1.165, 1.54) is 59.4 Å². The molecule has 0 spiro atoms. The van der Waals surface area contributed by atoms with E-state index in [0.717, 1.165) is 28.1 Å². The molecule has 2 aromatic heterocycles. The Bertz CT molecular complexity index is 2370. The van der Waals surface area contributed by atoms with E-state index in [0.29, 0.717) is 0 Å². The van der Waals surface area contributed by atoms with Crippen molar-refractivity contribution < 1.29 is 0 Å². The molecule has 9 aromatic rings. The van der Waals surface area contributed by atoms with Gasteiger partial charge in [0.05, 0.1) is 11.4 Å². The highest BCUT2D eigenvalue weighted by Gasteiger charge is 2.18. The van der Waals surface area contributed by atoms with Crippen LogP contribution in [0.4, 0.5) is 0 Å². The van der Waals surface area contributed by atoms with Crippen LogP contribution >= 0.6 is 0 Å². The maximum absolute atomic E-state index is 5.12. The number of fused-ring (bicyclic) bond motifs is 2. The molecule has 0 saturated heterocycles. The molecule has 0 fully saturated rings. The van der Waals surface area contributed by atoms with Crippen molar-refractivity contribution >= 4 is 53.9 Å². The number of benzene rings is 7.